The molecule has 0 aliphatic carbocycles. The average Bonchev–Trinajstić information content (AvgIpc) is 2.51. The van der Waals surface area contributed by atoms with Crippen molar-refractivity contribution in [3.8, 4) is 11.8 Å². The van der Waals surface area contributed by atoms with E-state index in [2.05, 4.69) is 17.2 Å². The highest BCUT2D eigenvalue weighted by Gasteiger charge is 2.05. The molecule has 21 heavy (non-hydrogen) atoms. The zero-order valence-electron chi connectivity index (χ0n) is 12.3. The van der Waals surface area contributed by atoms with Crippen LogP contribution in [0, 0.1) is 18.3 Å². The van der Waals surface area contributed by atoms with Gasteiger partial charge in [-0.2, -0.15) is 5.26 Å². The Morgan fingerprint density at radius 1 is 1.24 bits per heavy atom. The van der Waals surface area contributed by atoms with E-state index in [4.69, 9.17) is 10.00 Å². The summed E-state index contributed by atoms with van der Waals surface area (Å²) in [6.07, 6.45) is 0. The van der Waals surface area contributed by atoms with E-state index >= 15 is 0 Å². The topological polar surface area (TPSA) is 57.9 Å². The van der Waals surface area contributed by atoms with E-state index in [-0.39, 0.29) is 12.6 Å². The Morgan fingerprint density at radius 3 is 2.67 bits per heavy atom. The first-order valence-electron chi connectivity index (χ1n) is 6.94. The van der Waals surface area contributed by atoms with Crippen LogP contribution in [0.15, 0.2) is 42.5 Å². The molecule has 1 aromatic carbocycles. The molecule has 0 saturated heterocycles. The van der Waals surface area contributed by atoms with Crippen molar-refractivity contribution in [2.24, 2.45) is 0 Å². The third kappa shape index (κ3) is 4.59. The summed E-state index contributed by atoms with van der Waals surface area (Å²) in [7, 11) is 0. The largest absolute Gasteiger partial charge is 0.479 e. The van der Waals surface area contributed by atoms with Gasteiger partial charge in [-0.1, -0.05) is 18.2 Å². The molecule has 1 N–H and O–H groups in total. The highest BCUT2D eigenvalue weighted by Crippen LogP contribution is 2.17. The van der Waals surface area contributed by atoms with Gasteiger partial charge in [0, 0.05) is 18.3 Å². The molecule has 0 spiro atoms. The Balaban J connectivity index is 1.91. The van der Waals surface area contributed by atoms with Crippen LogP contribution < -0.4 is 10.1 Å². The standard InChI is InChI=1S/C17H19N3O/c1-13-4-3-5-16(20-13)12-19-14(2)15-6-8-17(9-7-15)21-11-10-18/h3-9,14,19H,11-12H2,1-2H3. The van der Waals surface area contributed by atoms with Gasteiger partial charge in [-0.25, -0.2) is 0 Å². The molecule has 0 aliphatic heterocycles. The molecule has 0 bridgehead atoms. The molecule has 0 aliphatic rings. The lowest BCUT2D eigenvalue weighted by Crippen LogP contribution is -2.18. The highest BCUT2D eigenvalue weighted by molar-refractivity contribution is 5.29. The third-order valence-corrected chi connectivity index (χ3v) is 3.22. The number of nitriles is 1. The predicted octanol–water partition coefficient (Wildman–Crippen LogP) is 3.14. The van der Waals surface area contributed by atoms with Crippen LogP contribution in [-0.4, -0.2) is 11.6 Å². The van der Waals surface area contributed by atoms with Crippen molar-refractivity contribution in [3.63, 3.8) is 0 Å². The highest BCUT2D eigenvalue weighted by atomic mass is 16.5. The molecular formula is C17H19N3O. The van der Waals surface area contributed by atoms with E-state index in [9.17, 15) is 0 Å². The number of aryl methyl sites for hydroxylation is 1. The molecule has 4 heteroatoms. The van der Waals surface area contributed by atoms with Gasteiger partial charge in [-0.05, 0) is 43.7 Å². The smallest absolute Gasteiger partial charge is 0.174 e. The van der Waals surface area contributed by atoms with E-state index in [0.717, 1.165) is 17.9 Å². The minimum atomic E-state index is 0.0756. The number of hydrogen-bond acceptors (Lipinski definition) is 4. The van der Waals surface area contributed by atoms with Gasteiger partial charge in [0.15, 0.2) is 6.61 Å². The normalized spacial score (nSPS) is 11.7. The molecule has 1 aromatic heterocycles. The van der Waals surface area contributed by atoms with Crippen molar-refractivity contribution in [1.29, 1.82) is 5.26 Å². The van der Waals surface area contributed by atoms with Gasteiger partial charge in [-0.3, -0.25) is 4.98 Å². The van der Waals surface area contributed by atoms with Crippen LogP contribution in [0.5, 0.6) is 5.75 Å². The Hall–Kier alpha value is -2.38. The van der Waals surface area contributed by atoms with Crippen molar-refractivity contribution in [1.82, 2.24) is 10.3 Å². The molecule has 1 atom stereocenters. The monoisotopic (exact) mass is 281 g/mol. The molecule has 1 unspecified atom stereocenters. The van der Waals surface area contributed by atoms with E-state index in [1.807, 2.05) is 55.5 Å². The Kier molecular flexibility index (Phi) is 5.30. The van der Waals surface area contributed by atoms with Gasteiger partial charge >= 0.3 is 0 Å². The van der Waals surface area contributed by atoms with Crippen molar-refractivity contribution < 1.29 is 4.74 Å². The minimum Gasteiger partial charge on any atom is -0.479 e. The van der Waals surface area contributed by atoms with Crippen LogP contribution in [0.25, 0.3) is 0 Å². The molecule has 2 rings (SSSR count). The summed E-state index contributed by atoms with van der Waals surface area (Å²) in [5, 5.41) is 11.9. The summed E-state index contributed by atoms with van der Waals surface area (Å²) < 4.78 is 5.24. The molecule has 4 nitrogen and oxygen atoms in total. The maximum Gasteiger partial charge on any atom is 0.174 e. The van der Waals surface area contributed by atoms with Crippen LogP contribution in [0.4, 0.5) is 0 Å². The van der Waals surface area contributed by atoms with Crippen LogP contribution in [-0.2, 0) is 6.54 Å². The summed E-state index contributed by atoms with van der Waals surface area (Å²) in [5.74, 6) is 0.716. The first-order chi connectivity index (χ1) is 10.2. The second-order valence-electron chi connectivity index (χ2n) is 4.89. The molecule has 1 heterocycles. The fraction of sp³-hybridized carbons (Fsp3) is 0.294. The number of pyridine rings is 1. The van der Waals surface area contributed by atoms with Crippen LogP contribution in [0.1, 0.15) is 29.9 Å². The SMILES string of the molecule is Cc1cccc(CNC(C)c2ccc(OCC#N)cc2)n1. The van der Waals surface area contributed by atoms with Gasteiger partial charge < -0.3 is 10.1 Å². The number of ether oxygens (including phenoxy) is 1. The summed E-state index contributed by atoms with van der Waals surface area (Å²) >= 11 is 0. The van der Waals surface area contributed by atoms with Crippen LogP contribution in [0.3, 0.4) is 0 Å². The van der Waals surface area contributed by atoms with Crippen molar-refractivity contribution in [2.75, 3.05) is 6.61 Å². The molecular weight excluding hydrogens is 262 g/mol. The number of benzene rings is 1. The van der Waals surface area contributed by atoms with Gasteiger partial charge in [0.25, 0.3) is 0 Å². The fourth-order valence-corrected chi connectivity index (χ4v) is 2.04. The molecule has 0 saturated carbocycles. The second kappa shape index (κ2) is 7.41. The average molecular weight is 281 g/mol. The van der Waals surface area contributed by atoms with Gasteiger partial charge in [0.1, 0.15) is 11.8 Å². The lowest BCUT2D eigenvalue weighted by Gasteiger charge is -2.14. The number of rotatable bonds is 6. The molecule has 108 valence electrons. The molecule has 0 amide bonds. The fourth-order valence-electron chi connectivity index (χ4n) is 2.04. The van der Waals surface area contributed by atoms with Crippen LogP contribution >= 0.6 is 0 Å². The number of hydrogen-bond donors (Lipinski definition) is 1. The molecule has 0 fully saturated rings. The van der Waals surface area contributed by atoms with Crippen molar-refractivity contribution in [3.05, 3.63) is 59.4 Å². The van der Waals surface area contributed by atoms with Gasteiger partial charge in [0.05, 0.1) is 5.69 Å². The first-order valence-corrected chi connectivity index (χ1v) is 6.94. The summed E-state index contributed by atoms with van der Waals surface area (Å²) in [6.45, 7) is 4.91. The summed E-state index contributed by atoms with van der Waals surface area (Å²) in [6, 6.07) is 16.0. The summed E-state index contributed by atoms with van der Waals surface area (Å²) in [5.41, 5.74) is 3.24. The molecule has 2 aromatic rings. The maximum absolute atomic E-state index is 8.48. The van der Waals surface area contributed by atoms with E-state index in [1.165, 1.54) is 5.56 Å². The minimum absolute atomic E-state index is 0.0756. The van der Waals surface area contributed by atoms with Crippen molar-refractivity contribution >= 4 is 0 Å². The quantitative estimate of drug-likeness (QED) is 0.883. The van der Waals surface area contributed by atoms with E-state index < -0.39 is 0 Å². The zero-order valence-corrected chi connectivity index (χ0v) is 12.3. The lowest BCUT2D eigenvalue weighted by molar-refractivity contribution is 0.368. The third-order valence-electron chi connectivity index (χ3n) is 3.22. The lowest BCUT2D eigenvalue weighted by atomic mass is 10.1. The maximum atomic E-state index is 8.48. The van der Waals surface area contributed by atoms with E-state index in [1.54, 1.807) is 0 Å². The number of nitrogens with zero attached hydrogens (tertiary/aromatic N) is 2. The summed E-state index contributed by atoms with van der Waals surface area (Å²) in [4.78, 5) is 4.47. The first kappa shape index (κ1) is 15.0. The van der Waals surface area contributed by atoms with Crippen molar-refractivity contribution in [2.45, 2.75) is 26.4 Å². The van der Waals surface area contributed by atoms with Gasteiger partial charge in [-0.15, -0.1) is 0 Å². The van der Waals surface area contributed by atoms with Crippen LogP contribution in [0.2, 0.25) is 0 Å². The van der Waals surface area contributed by atoms with E-state index in [0.29, 0.717) is 5.75 Å². The Labute approximate surface area is 125 Å². The Bertz CT molecular complexity index is 617. The molecule has 0 radical (unpaired) electrons. The van der Waals surface area contributed by atoms with Gasteiger partial charge in [0.2, 0.25) is 0 Å². The second-order valence-corrected chi connectivity index (χ2v) is 4.89. The zero-order chi connectivity index (χ0) is 15.1. The number of aromatic nitrogens is 1. The Morgan fingerprint density at radius 2 is 2.00 bits per heavy atom. The number of nitrogens with one attached hydrogen (secondary N) is 1. The predicted molar refractivity (Wildman–Crippen MR) is 81.8 cm³/mol.